The summed E-state index contributed by atoms with van der Waals surface area (Å²) in [6.45, 7) is 16.8. The number of alkyl carbamates (subject to hydrolysis) is 1. The molecule has 0 aromatic heterocycles. The third-order valence-electron chi connectivity index (χ3n) is 7.95. The SMILES string of the molecule is COCCCOc1ccccc1C(=O)NCC(CC(NC(=O)OC(C)(C)C)C(O)CC(C)C(=O)NCCN1CCOCC1)C(C)C. The van der Waals surface area contributed by atoms with E-state index in [1.165, 1.54) is 0 Å². The number of amides is 3. The lowest BCUT2D eigenvalue weighted by molar-refractivity contribution is -0.125. The third kappa shape index (κ3) is 15.1. The van der Waals surface area contributed by atoms with Crippen LogP contribution in [-0.4, -0.2) is 112 Å². The number of nitrogens with zero attached hydrogens (tertiary/aromatic N) is 1. The van der Waals surface area contributed by atoms with Crippen LogP contribution in [0, 0.1) is 17.8 Å². The van der Waals surface area contributed by atoms with Crippen molar-refractivity contribution in [2.45, 2.75) is 78.6 Å². The number of para-hydroxylation sites is 1. The predicted molar refractivity (Wildman–Crippen MR) is 177 cm³/mol. The maximum absolute atomic E-state index is 13.2. The summed E-state index contributed by atoms with van der Waals surface area (Å²) in [4.78, 5) is 41.2. The van der Waals surface area contributed by atoms with Gasteiger partial charge in [-0.1, -0.05) is 32.9 Å². The lowest BCUT2D eigenvalue weighted by atomic mass is 9.85. The Morgan fingerprint density at radius 3 is 2.37 bits per heavy atom. The second-order valence-electron chi connectivity index (χ2n) is 13.3. The summed E-state index contributed by atoms with van der Waals surface area (Å²) in [5, 5.41) is 20.2. The molecule has 1 aromatic carbocycles. The van der Waals surface area contributed by atoms with Gasteiger partial charge in [0.05, 0.1) is 37.5 Å². The van der Waals surface area contributed by atoms with Crippen LogP contribution in [0.25, 0.3) is 0 Å². The van der Waals surface area contributed by atoms with Crippen LogP contribution in [0.2, 0.25) is 0 Å². The van der Waals surface area contributed by atoms with Crippen molar-refractivity contribution < 1.29 is 38.4 Å². The summed E-state index contributed by atoms with van der Waals surface area (Å²) in [6.07, 6.45) is -0.463. The van der Waals surface area contributed by atoms with E-state index >= 15 is 0 Å². The smallest absolute Gasteiger partial charge is 0.407 e. The van der Waals surface area contributed by atoms with Crippen LogP contribution in [0.5, 0.6) is 5.75 Å². The number of rotatable bonds is 19. The van der Waals surface area contributed by atoms with E-state index in [1.807, 2.05) is 19.9 Å². The lowest BCUT2D eigenvalue weighted by Crippen LogP contribution is -2.49. The molecular weight excluding hydrogens is 592 g/mol. The van der Waals surface area contributed by atoms with Crippen molar-refractivity contribution in [2.24, 2.45) is 17.8 Å². The second-order valence-corrected chi connectivity index (χ2v) is 13.3. The number of hydrogen-bond donors (Lipinski definition) is 4. The van der Waals surface area contributed by atoms with E-state index in [0.717, 1.165) is 19.6 Å². The van der Waals surface area contributed by atoms with Gasteiger partial charge < -0.3 is 40.0 Å². The van der Waals surface area contributed by atoms with E-state index in [1.54, 1.807) is 53.0 Å². The highest BCUT2D eigenvalue weighted by molar-refractivity contribution is 5.96. The highest BCUT2D eigenvalue weighted by Crippen LogP contribution is 2.23. The molecule has 1 aliphatic rings. The van der Waals surface area contributed by atoms with E-state index in [9.17, 15) is 19.5 Å². The number of aliphatic hydroxyl groups is 1. The standard InChI is InChI=1S/C34H58N4O8/c1-24(2)26(23-36-32(41)27-11-8-9-12-30(27)45-18-10-17-43-7)22-28(37-33(42)46-34(4,5)6)29(39)21-25(3)31(40)35-13-14-38-15-19-44-20-16-38/h8-9,11-12,24-26,28-29,39H,10,13-23H2,1-7H3,(H,35,40)(H,36,41)(H,37,42). The molecule has 4 atom stereocenters. The van der Waals surface area contributed by atoms with Gasteiger partial charge in [-0.15, -0.1) is 0 Å². The fourth-order valence-corrected chi connectivity index (χ4v) is 5.14. The van der Waals surface area contributed by atoms with E-state index < -0.39 is 29.8 Å². The molecule has 4 unspecified atom stereocenters. The largest absolute Gasteiger partial charge is 0.493 e. The number of ether oxygens (including phenoxy) is 4. The summed E-state index contributed by atoms with van der Waals surface area (Å²) in [5.74, 6) is -0.413. The van der Waals surface area contributed by atoms with E-state index in [4.69, 9.17) is 18.9 Å². The maximum Gasteiger partial charge on any atom is 0.407 e. The van der Waals surface area contributed by atoms with Crippen LogP contribution in [0.3, 0.4) is 0 Å². The first-order chi connectivity index (χ1) is 21.8. The number of methoxy groups -OCH3 is 1. The van der Waals surface area contributed by atoms with E-state index in [0.29, 0.717) is 63.7 Å². The topological polar surface area (TPSA) is 148 Å². The monoisotopic (exact) mass is 650 g/mol. The fourth-order valence-electron chi connectivity index (χ4n) is 5.14. The number of benzene rings is 1. The molecule has 12 nitrogen and oxygen atoms in total. The van der Waals surface area contributed by atoms with E-state index in [-0.39, 0.29) is 30.1 Å². The van der Waals surface area contributed by atoms with Crippen molar-refractivity contribution in [1.82, 2.24) is 20.9 Å². The molecule has 4 N–H and O–H groups in total. The Bertz CT molecular complexity index is 1060. The Morgan fingerprint density at radius 2 is 1.72 bits per heavy atom. The van der Waals surface area contributed by atoms with Crippen LogP contribution < -0.4 is 20.7 Å². The molecular formula is C34H58N4O8. The molecule has 3 amide bonds. The Kier molecular flexibility index (Phi) is 17.4. The van der Waals surface area contributed by atoms with Gasteiger partial charge in [0, 0.05) is 58.8 Å². The molecule has 0 bridgehead atoms. The number of carbonyl (C=O) groups is 3. The van der Waals surface area contributed by atoms with Crippen molar-refractivity contribution in [3.8, 4) is 5.75 Å². The van der Waals surface area contributed by atoms with Gasteiger partial charge in [0.2, 0.25) is 5.91 Å². The highest BCUT2D eigenvalue weighted by Gasteiger charge is 2.31. The van der Waals surface area contributed by atoms with Gasteiger partial charge in [-0.25, -0.2) is 4.79 Å². The minimum absolute atomic E-state index is 0.106. The van der Waals surface area contributed by atoms with Crippen molar-refractivity contribution in [3.05, 3.63) is 29.8 Å². The molecule has 262 valence electrons. The molecule has 1 fully saturated rings. The molecule has 1 heterocycles. The summed E-state index contributed by atoms with van der Waals surface area (Å²) >= 11 is 0. The minimum atomic E-state index is -1.02. The quantitative estimate of drug-likeness (QED) is 0.166. The van der Waals surface area contributed by atoms with Gasteiger partial charge in [-0.05, 0) is 57.6 Å². The zero-order chi connectivity index (χ0) is 34.1. The Balaban J connectivity index is 2.05. The third-order valence-corrected chi connectivity index (χ3v) is 7.95. The molecule has 0 spiro atoms. The van der Waals surface area contributed by atoms with Gasteiger partial charge in [0.15, 0.2) is 0 Å². The van der Waals surface area contributed by atoms with Crippen molar-refractivity contribution >= 4 is 17.9 Å². The zero-order valence-corrected chi connectivity index (χ0v) is 28.9. The molecule has 2 rings (SSSR count). The predicted octanol–water partition coefficient (Wildman–Crippen LogP) is 3.22. The fraction of sp³-hybridized carbons (Fsp3) is 0.735. The van der Waals surface area contributed by atoms with Crippen LogP contribution in [0.4, 0.5) is 4.79 Å². The van der Waals surface area contributed by atoms with Crippen molar-refractivity contribution in [2.75, 3.05) is 66.3 Å². The zero-order valence-electron chi connectivity index (χ0n) is 28.9. The molecule has 1 saturated heterocycles. The average Bonchev–Trinajstić information content (AvgIpc) is 3.00. The van der Waals surface area contributed by atoms with Crippen LogP contribution >= 0.6 is 0 Å². The maximum atomic E-state index is 13.2. The minimum Gasteiger partial charge on any atom is -0.493 e. The molecule has 46 heavy (non-hydrogen) atoms. The van der Waals surface area contributed by atoms with Gasteiger partial charge in [0.1, 0.15) is 11.4 Å². The number of carbonyl (C=O) groups excluding carboxylic acids is 3. The first-order valence-electron chi connectivity index (χ1n) is 16.5. The summed E-state index contributed by atoms with van der Waals surface area (Å²) in [6, 6.07) is 6.38. The molecule has 12 heteroatoms. The van der Waals surface area contributed by atoms with Crippen LogP contribution in [-0.2, 0) is 19.0 Å². The Labute approximate surface area is 275 Å². The second kappa shape index (κ2) is 20.3. The summed E-state index contributed by atoms with van der Waals surface area (Å²) < 4.78 is 21.8. The van der Waals surface area contributed by atoms with Crippen LogP contribution in [0.15, 0.2) is 24.3 Å². The van der Waals surface area contributed by atoms with E-state index in [2.05, 4.69) is 20.9 Å². The van der Waals surface area contributed by atoms with Gasteiger partial charge in [0.25, 0.3) is 5.91 Å². The number of hydrogen-bond acceptors (Lipinski definition) is 9. The average molecular weight is 651 g/mol. The highest BCUT2D eigenvalue weighted by atomic mass is 16.6. The molecule has 0 aliphatic carbocycles. The van der Waals surface area contributed by atoms with Gasteiger partial charge in [-0.3, -0.25) is 14.5 Å². The number of aliphatic hydroxyl groups excluding tert-OH is 1. The number of morpholine rings is 1. The van der Waals surface area contributed by atoms with Crippen molar-refractivity contribution in [1.29, 1.82) is 0 Å². The molecule has 1 aromatic rings. The first-order valence-corrected chi connectivity index (χ1v) is 16.5. The Hall–Kier alpha value is -2.93. The molecule has 0 saturated carbocycles. The van der Waals surface area contributed by atoms with Crippen LogP contribution in [0.1, 0.15) is 71.2 Å². The van der Waals surface area contributed by atoms with Gasteiger partial charge in [-0.2, -0.15) is 0 Å². The normalized spacial score (nSPS) is 16.6. The first kappa shape index (κ1) is 39.2. The summed E-state index contributed by atoms with van der Waals surface area (Å²) in [7, 11) is 1.63. The van der Waals surface area contributed by atoms with Crippen molar-refractivity contribution in [3.63, 3.8) is 0 Å². The number of nitrogens with one attached hydrogen (secondary N) is 3. The lowest BCUT2D eigenvalue weighted by Gasteiger charge is -2.32. The Morgan fingerprint density at radius 1 is 1.02 bits per heavy atom. The summed E-state index contributed by atoms with van der Waals surface area (Å²) in [5.41, 5.74) is -0.295. The molecule has 1 aliphatic heterocycles. The molecule has 0 radical (unpaired) electrons. The van der Waals surface area contributed by atoms with Gasteiger partial charge >= 0.3 is 6.09 Å².